The van der Waals surface area contributed by atoms with E-state index in [-0.39, 0.29) is 12.4 Å². The van der Waals surface area contributed by atoms with Crippen molar-refractivity contribution in [2.45, 2.75) is 6.92 Å². The van der Waals surface area contributed by atoms with E-state index in [9.17, 15) is 9.59 Å². The second-order valence-corrected chi connectivity index (χ2v) is 4.37. The predicted molar refractivity (Wildman–Crippen MR) is 79.5 cm³/mol. The number of carbonyl (C=O) groups excluding carboxylic acids is 2. The van der Waals surface area contributed by atoms with E-state index in [0.29, 0.717) is 17.0 Å². The van der Waals surface area contributed by atoms with Crippen LogP contribution in [0.1, 0.15) is 23.0 Å². The Hall–Kier alpha value is -3.09. The number of nitrogens with zero attached hydrogens (tertiary/aromatic N) is 1. The molecule has 2 aromatic rings. The minimum atomic E-state index is -0.574. The largest absolute Gasteiger partial charge is 0.483 e. The summed E-state index contributed by atoms with van der Waals surface area (Å²) in [6, 6.07) is 10.1. The number of hydrazone groups is 1. The van der Waals surface area contributed by atoms with Crippen molar-refractivity contribution in [1.82, 2.24) is 5.43 Å². The van der Waals surface area contributed by atoms with Gasteiger partial charge >= 0.3 is 5.91 Å². The zero-order valence-corrected chi connectivity index (χ0v) is 11.9. The fourth-order valence-corrected chi connectivity index (χ4v) is 1.70. The van der Waals surface area contributed by atoms with Crippen molar-refractivity contribution in [2.24, 2.45) is 10.8 Å². The quantitative estimate of drug-likeness (QED) is 0.619. The molecule has 114 valence electrons. The van der Waals surface area contributed by atoms with Crippen LogP contribution in [0.3, 0.4) is 0 Å². The number of rotatable bonds is 6. The Morgan fingerprint density at radius 1 is 1.27 bits per heavy atom. The van der Waals surface area contributed by atoms with E-state index in [1.54, 1.807) is 37.3 Å². The fraction of sp³-hybridized carbons (Fsp3) is 0.133. The van der Waals surface area contributed by atoms with Crippen molar-refractivity contribution in [2.75, 3.05) is 6.61 Å². The second kappa shape index (κ2) is 7.07. The Kier molecular flexibility index (Phi) is 4.92. The monoisotopic (exact) mass is 301 g/mol. The molecule has 0 spiro atoms. The molecule has 22 heavy (non-hydrogen) atoms. The Morgan fingerprint density at radius 3 is 2.73 bits per heavy atom. The topological polar surface area (TPSA) is 107 Å². The van der Waals surface area contributed by atoms with Gasteiger partial charge in [0.05, 0.1) is 12.0 Å². The molecular weight excluding hydrogens is 286 g/mol. The van der Waals surface area contributed by atoms with Gasteiger partial charge in [0.2, 0.25) is 0 Å². The van der Waals surface area contributed by atoms with Gasteiger partial charge in [-0.05, 0) is 31.2 Å². The van der Waals surface area contributed by atoms with Crippen LogP contribution in [0, 0.1) is 0 Å². The van der Waals surface area contributed by atoms with Crippen LogP contribution in [0.2, 0.25) is 0 Å². The summed E-state index contributed by atoms with van der Waals surface area (Å²) in [5.74, 6) is -0.417. The Bertz CT molecular complexity index is 693. The maximum atomic E-state index is 11.7. The summed E-state index contributed by atoms with van der Waals surface area (Å²) in [6.07, 6.45) is 1.40. The van der Waals surface area contributed by atoms with Gasteiger partial charge in [0.1, 0.15) is 5.75 Å². The molecule has 1 aromatic carbocycles. The summed E-state index contributed by atoms with van der Waals surface area (Å²) in [5, 5.41) is 4.00. The lowest BCUT2D eigenvalue weighted by Crippen LogP contribution is -2.21. The predicted octanol–water partition coefficient (Wildman–Crippen LogP) is 1.30. The summed E-state index contributed by atoms with van der Waals surface area (Å²) in [4.78, 5) is 22.5. The third-order valence-electron chi connectivity index (χ3n) is 2.72. The van der Waals surface area contributed by atoms with E-state index in [2.05, 4.69) is 10.5 Å². The van der Waals surface area contributed by atoms with Gasteiger partial charge in [0.15, 0.2) is 12.4 Å². The molecule has 0 atom stereocenters. The highest BCUT2D eigenvalue weighted by molar-refractivity contribution is 6.02. The van der Waals surface area contributed by atoms with Crippen LogP contribution in [-0.4, -0.2) is 24.1 Å². The minimum Gasteiger partial charge on any atom is -0.483 e. The first-order chi connectivity index (χ1) is 10.6. The number of para-hydroxylation sites is 1. The van der Waals surface area contributed by atoms with Crippen LogP contribution in [0.4, 0.5) is 0 Å². The van der Waals surface area contributed by atoms with Gasteiger partial charge in [-0.25, -0.2) is 5.43 Å². The van der Waals surface area contributed by atoms with Crippen molar-refractivity contribution < 1.29 is 18.7 Å². The van der Waals surface area contributed by atoms with Crippen LogP contribution in [0.25, 0.3) is 0 Å². The standard InChI is InChI=1S/C15H15N3O4/c1-10(17-18-15(20)13-7-4-8-21-13)11-5-2-3-6-12(11)22-9-14(16)19/h2-8H,9H2,1H3,(H2,16,19)(H,18,20). The highest BCUT2D eigenvalue weighted by Crippen LogP contribution is 2.18. The first-order valence-corrected chi connectivity index (χ1v) is 6.46. The van der Waals surface area contributed by atoms with Gasteiger partial charge < -0.3 is 14.9 Å². The molecule has 0 aliphatic rings. The second-order valence-electron chi connectivity index (χ2n) is 4.37. The smallest absolute Gasteiger partial charge is 0.307 e. The number of ether oxygens (including phenoxy) is 1. The van der Waals surface area contributed by atoms with Gasteiger partial charge in [-0.1, -0.05) is 12.1 Å². The van der Waals surface area contributed by atoms with E-state index < -0.39 is 11.8 Å². The Morgan fingerprint density at radius 2 is 2.05 bits per heavy atom. The van der Waals surface area contributed by atoms with E-state index in [4.69, 9.17) is 14.9 Å². The Labute approximate surface area is 126 Å². The number of carbonyl (C=O) groups is 2. The lowest BCUT2D eigenvalue weighted by molar-refractivity contribution is -0.119. The number of hydrogen-bond acceptors (Lipinski definition) is 5. The molecule has 0 aliphatic carbocycles. The van der Waals surface area contributed by atoms with Gasteiger partial charge in [0, 0.05) is 5.56 Å². The first-order valence-electron chi connectivity index (χ1n) is 6.46. The van der Waals surface area contributed by atoms with E-state index in [1.165, 1.54) is 12.3 Å². The highest BCUT2D eigenvalue weighted by atomic mass is 16.5. The van der Waals surface area contributed by atoms with Crippen LogP contribution in [0.15, 0.2) is 52.2 Å². The van der Waals surface area contributed by atoms with Gasteiger partial charge in [-0.3, -0.25) is 9.59 Å². The average molecular weight is 301 g/mol. The molecule has 0 unspecified atom stereocenters. The number of nitrogens with two attached hydrogens (primary N) is 1. The summed E-state index contributed by atoms with van der Waals surface area (Å²) in [5.41, 5.74) is 8.60. The molecular formula is C15H15N3O4. The van der Waals surface area contributed by atoms with Crippen LogP contribution in [0.5, 0.6) is 5.75 Å². The molecule has 0 aliphatic heterocycles. The molecule has 2 amide bonds. The number of furan rings is 1. The van der Waals surface area contributed by atoms with Crippen molar-refractivity contribution in [1.29, 1.82) is 0 Å². The van der Waals surface area contributed by atoms with Crippen molar-refractivity contribution in [3.8, 4) is 5.75 Å². The zero-order valence-electron chi connectivity index (χ0n) is 11.9. The van der Waals surface area contributed by atoms with Crippen molar-refractivity contribution >= 4 is 17.5 Å². The summed E-state index contributed by atoms with van der Waals surface area (Å²) >= 11 is 0. The number of hydrogen-bond donors (Lipinski definition) is 2. The number of nitrogens with one attached hydrogen (secondary N) is 1. The van der Waals surface area contributed by atoms with Crippen LogP contribution in [-0.2, 0) is 4.79 Å². The first kappa shape index (κ1) is 15.3. The third kappa shape index (κ3) is 3.95. The SMILES string of the molecule is CC(=NNC(=O)c1ccco1)c1ccccc1OCC(N)=O. The number of primary amides is 1. The molecule has 0 bridgehead atoms. The molecule has 0 radical (unpaired) electrons. The summed E-state index contributed by atoms with van der Waals surface area (Å²) in [6.45, 7) is 1.47. The molecule has 0 fully saturated rings. The maximum absolute atomic E-state index is 11.7. The minimum absolute atomic E-state index is 0.162. The van der Waals surface area contributed by atoms with Crippen molar-refractivity contribution in [3.63, 3.8) is 0 Å². The maximum Gasteiger partial charge on any atom is 0.307 e. The molecule has 1 aromatic heterocycles. The van der Waals surface area contributed by atoms with Crippen LogP contribution >= 0.6 is 0 Å². The van der Waals surface area contributed by atoms with E-state index >= 15 is 0 Å². The Balaban J connectivity index is 2.11. The molecule has 7 heteroatoms. The summed E-state index contributed by atoms with van der Waals surface area (Å²) in [7, 11) is 0. The van der Waals surface area contributed by atoms with Gasteiger partial charge in [0.25, 0.3) is 5.91 Å². The van der Waals surface area contributed by atoms with Crippen molar-refractivity contribution in [3.05, 3.63) is 54.0 Å². The van der Waals surface area contributed by atoms with Gasteiger partial charge in [-0.15, -0.1) is 0 Å². The summed E-state index contributed by atoms with van der Waals surface area (Å²) < 4.78 is 10.3. The number of amides is 2. The van der Waals surface area contributed by atoms with E-state index in [1.807, 2.05) is 0 Å². The van der Waals surface area contributed by atoms with Gasteiger partial charge in [-0.2, -0.15) is 5.10 Å². The third-order valence-corrected chi connectivity index (χ3v) is 2.72. The molecule has 0 saturated heterocycles. The lowest BCUT2D eigenvalue weighted by atomic mass is 10.1. The fourth-order valence-electron chi connectivity index (χ4n) is 1.70. The number of benzene rings is 1. The molecule has 3 N–H and O–H groups in total. The van der Waals surface area contributed by atoms with Crippen LogP contribution < -0.4 is 15.9 Å². The lowest BCUT2D eigenvalue weighted by Gasteiger charge is -2.09. The molecule has 7 nitrogen and oxygen atoms in total. The molecule has 0 saturated carbocycles. The molecule has 1 heterocycles. The average Bonchev–Trinajstić information content (AvgIpc) is 3.05. The highest BCUT2D eigenvalue weighted by Gasteiger charge is 2.10. The van der Waals surface area contributed by atoms with E-state index in [0.717, 1.165) is 0 Å². The molecule has 2 rings (SSSR count). The zero-order chi connectivity index (χ0) is 15.9. The normalized spacial score (nSPS) is 11.0.